The molecule has 0 unspecified atom stereocenters. The fourth-order valence-electron chi connectivity index (χ4n) is 1.82. The molecule has 1 aromatic carbocycles. The van der Waals surface area contributed by atoms with Gasteiger partial charge in [0.25, 0.3) is 0 Å². The first-order chi connectivity index (χ1) is 7.22. The number of rotatable bonds is 3. The van der Waals surface area contributed by atoms with Gasteiger partial charge in [-0.2, -0.15) is 5.10 Å². The smallest absolute Gasteiger partial charge is 0.150 e. The highest BCUT2D eigenvalue weighted by atomic mass is 16.1. The average Bonchev–Trinajstić information content (AvgIpc) is 2.61. The standard InChI is InChI=1S/C12H14N2O/c1-8(2)6-11-12-9(7-15)4-3-5-10(12)13-14-11/h3-5,7-8H,6H2,1-2H3,(H,13,14). The summed E-state index contributed by atoms with van der Waals surface area (Å²) in [6.45, 7) is 4.30. The molecule has 0 aliphatic heterocycles. The van der Waals surface area contributed by atoms with Crippen LogP contribution in [0.5, 0.6) is 0 Å². The maximum atomic E-state index is 10.9. The van der Waals surface area contributed by atoms with Crippen LogP contribution in [0.2, 0.25) is 0 Å². The number of hydrogen-bond acceptors (Lipinski definition) is 2. The van der Waals surface area contributed by atoms with Gasteiger partial charge in [-0.15, -0.1) is 0 Å². The Balaban J connectivity index is 2.60. The van der Waals surface area contributed by atoms with Gasteiger partial charge in [-0.25, -0.2) is 0 Å². The number of nitrogens with zero attached hydrogens (tertiary/aromatic N) is 1. The minimum atomic E-state index is 0.549. The van der Waals surface area contributed by atoms with E-state index in [1.807, 2.05) is 18.2 Å². The third-order valence-corrected chi connectivity index (χ3v) is 2.43. The molecule has 2 rings (SSSR count). The van der Waals surface area contributed by atoms with Crippen LogP contribution in [0.1, 0.15) is 29.9 Å². The zero-order valence-corrected chi connectivity index (χ0v) is 8.95. The second-order valence-corrected chi connectivity index (χ2v) is 4.16. The van der Waals surface area contributed by atoms with Crippen molar-refractivity contribution in [2.75, 3.05) is 0 Å². The molecule has 0 aliphatic carbocycles. The molecule has 0 saturated carbocycles. The minimum Gasteiger partial charge on any atom is -0.298 e. The summed E-state index contributed by atoms with van der Waals surface area (Å²) in [5.74, 6) is 0.549. The Labute approximate surface area is 88.5 Å². The number of aromatic nitrogens is 2. The van der Waals surface area contributed by atoms with Crippen LogP contribution in [0.3, 0.4) is 0 Å². The number of aldehydes is 1. The number of hydrogen-bond donors (Lipinski definition) is 1. The molecular formula is C12H14N2O. The summed E-state index contributed by atoms with van der Waals surface area (Å²) < 4.78 is 0. The molecule has 0 bridgehead atoms. The van der Waals surface area contributed by atoms with Gasteiger partial charge in [0.1, 0.15) is 0 Å². The zero-order valence-electron chi connectivity index (χ0n) is 8.95. The molecule has 0 aliphatic rings. The Hall–Kier alpha value is -1.64. The van der Waals surface area contributed by atoms with Gasteiger partial charge in [0, 0.05) is 16.6 Å². The van der Waals surface area contributed by atoms with E-state index in [9.17, 15) is 4.79 Å². The fourth-order valence-corrected chi connectivity index (χ4v) is 1.82. The lowest BCUT2D eigenvalue weighted by Crippen LogP contribution is -1.96. The minimum absolute atomic E-state index is 0.549. The summed E-state index contributed by atoms with van der Waals surface area (Å²) in [4.78, 5) is 10.9. The number of H-pyrrole nitrogens is 1. The monoisotopic (exact) mass is 202 g/mol. The largest absolute Gasteiger partial charge is 0.298 e. The van der Waals surface area contributed by atoms with Crippen molar-refractivity contribution in [1.29, 1.82) is 0 Å². The van der Waals surface area contributed by atoms with E-state index in [0.29, 0.717) is 5.92 Å². The summed E-state index contributed by atoms with van der Waals surface area (Å²) in [7, 11) is 0. The summed E-state index contributed by atoms with van der Waals surface area (Å²) in [6.07, 6.45) is 1.81. The van der Waals surface area contributed by atoms with Crippen LogP contribution in [-0.2, 0) is 6.42 Å². The number of aromatic amines is 1. The highest BCUT2D eigenvalue weighted by Crippen LogP contribution is 2.21. The Kier molecular flexibility index (Phi) is 2.54. The Bertz CT molecular complexity index is 485. The Morgan fingerprint density at radius 1 is 1.47 bits per heavy atom. The van der Waals surface area contributed by atoms with Gasteiger partial charge in [-0.05, 0) is 18.4 Å². The van der Waals surface area contributed by atoms with Crippen molar-refractivity contribution < 1.29 is 4.79 Å². The lowest BCUT2D eigenvalue weighted by molar-refractivity contribution is 0.112. The second kappa shape index (κ2) is 3.85. The molecule has 0 fully saturated rings. The molecular weight excluding hydrogens is 188 g/mol. The molecule has 0 spiro atoms. The van der Waals surface area contributed by atoms with Gasteiger partial charge in [0.05, 0.1) is 5.52 Å². The molecule has 3 heteroatoms. The van der Waals surface area contributed by atoms with Crippen molar-refractivity contribution >= 4 is 17.2 Å². The quantitative estimate of drug-likeness (QED) is 0.777. The van der Waals surface area contributed by atoms with Gasteiger partial charge in [-0.3, -0.25) is 9.89 Å². The van der Waals surface area contributed by atoms with E-state index in [1.54, 1.807) is 0 Å². The summed E-state index contributed by atoms with van der Waals surface area (Å²) in [6, 6.07) is 5.60. The normalized spacial score (nSPS) is 11.1. The van der Waals surface area contributed by atoms with E-state index in [2.05, 4.69) is 24.0 Å². The maximum Gasteiger partial charge on any atom is 0.150 e. The van der Waals surface area contributed by atoms with Gasteiger partial charge >= 0.3 is 0 Å². The van der Waals surface area contributed by atoms with Crippen molar-refractivity contribution in [3.63, 3.8) is 0 Å². The van der Waals surface area contributed by atoms with Crippen LogP contribution in [0.15, 0.2) is 18.2 Å². The van der Waals surface area contributed by atoms with E-state index >= 15 is 0 Å². The van der Waals surface area contributed by atoms with Crippen molar-refractivity contribution in [3.05, 3.63) is 29.5 Å². The van der Waals surface area contributed by atoms with Gasteiger partial charge in [0.2, 0.25) is 0 Å². The van der Waals surface area contributed by atoms with Crippen molar-refractivity contribution in [1.82, 2.24) is 10.2 Å². The van der Waals surface area contributed by atoms with Crippen LogP contribution in [-0.4, -0.2) is 16.5 Å². The van der Waals surface area contributed by atoms with E-state index in [1.165, 1.54) is 0 Å². The van der Waals surface area contributed by atoms with Crippen LogP contribution < -0.4 is 0 Å². The number of nitrogens with one attached hydrogen (secondary N) is 1. The molecule has 2 aromatic rings. The first-order valence-corrected chi connectivity index (χ1v) is 5.13. The predicted molar refractivity (Wildman–Crippen MR) is 60.0 cm³/mol. The number of fused-ring (bicyclic) bond motifs is 1. The first-order valence-electron chi connectivity index (χ1n) is 5.13. The molecule has 0 saturated heterocycles. The highest BCUT2D eigenvalue weighted by Gasteiger charge is 2.10. The van der Waals surface area contributed by atoms with Crippen LogP contribution >= 0.6 is 0 Å². The van der Waals surface area contributed by atoms with Crippen molar-refractivity contribution in [2.45, 2.75) is 20.3 Å². The molecule has 0 radical (unpaired) electrons. The molecule has 0 atom stereocenters. The van der Waals surface area contributed by atoms with Crippen LogP contribution in [0.4, 0.5) is 0 Å². The van der Waals surface area contributed by atoms with Crippen LogP contribution in [0.25, 0.3) is 10.9 Å². The second-order valence-electron chi connectivity index (χ2n) is 4.16. The molecule has 1 heterocycles. The zero-order chi connectivity index (χ0) is 10.8. The van der Waals surface area contributed by atoms with Crippen molar-refractivity contribution in [3.8, 4) is 0 Å². The molecule has 15 heavy (non-hydrogen) atoms. The Morgan fingerprint density at radius 2 is 2.27 bits per heavy atom. The Morgan fingerprint density at radius 3 is 2.93 bits per heavy atom. The van der Waals surface area contributed by atoms with Gasteiger partial charge in [0.15, 0.2) is 6.29 Å². The third kappa shape index (κ3) is 1.77. The van der Waals surface area contributed by atoms with E-state index in [-0.39, 0.29) is 0 Å². The number of carbonyl (C=O) groups excluding carboxylic acids is 1. The molecule has 3 nitrogen and oxygen atoms in total. The number of benzene rings is 1. The van der Waals surface area contributed by atoms with Gasteiger partial charge in [-0.1, -0.05) is 26.0 Å². The summed E-state index contributed by atoms with van der Waals surface area (Å²) in [5, 5.41) is 8.18. The van der Waals surface area contributed by atoms with E-state index in [4.69, 9.17) is 0 Å². The molecule has 0 amide bonds. The van der Waals surface area contributed by atoms with E-state index in [0.717, 1.165) is 34.9 Å². The lowest BCUT2D eigenvalue weighted by Gasteiger charge is -2.03. The average molecular weight is 202 g/mol. The highest BCUT2D eigenvalue weighted by molar-refractivity contribution is 5.97. The summed E-state index contributed by atoms with van der Waals surface area (Å²) >= 11 is 0. The maximum absolute atomic E-state index is 10.9. The SMILES string of the molecule is CC(C)Cc1[nH]nc2cccc(C=O)c12. The predicted octanol–water partition coefficient (Wildman–Crippen LogP) is 2.57. The van der Waals surface area contributed by atoms with Gasteiger partial charge < -0.3 is 0 Å². The number of carbonyl (C=O) groups is 1. The lowest BCUT2D eigenvalue weighted by atomic mass is 10.0. The van der Waals surface area contributed by atoms with Crippen LogP contribution in [0, 0.1) is 5.92 Å². The van der Waals surface area contributed by atoms with E-state index < -0.39 is 0 Å². The topological polar surface area (TPSA) is 45.8 Å². The molecule has 1 aromatic heterocycles. The van der Waals surface area contributed by atoms with Crippen molar-refractivity contribution in [2.24, 2.45) is 5.92 Å². The third-order valence-electron chi connectivity index (χ3n) is 2.43. The fraction of sp³-hybridized carbons (Fsp3) is 0.333. The first kappa shape index (κ1) is 9.90. The summed E-state index contributed by atoms with van der Waals surface area (Å²) in [5.41, 5.74) is 2.65. The molecule has 78 valence electrons. The molecule has 1 N–H and O–H groups in total.